The molecule has 4 rings (SSSR count). The fourth-order valence-corrected chi connectivity index (χ4v) is 13.3. The van der Waals surface area contributed by atoms with Gasteiger partial charge in [0.25, 0.3) is 0 Å². The summed E-state index contributed by atoms with van der Waals surface area (Å²) in [7, 11) is -9.01. The Morgan fingerprint density at radius 2 is 0.469 bits per heavy atom. The number of hydrogen-bond acceptors (Lipinski definition) is 6. The summed E-state index contributed by atoms with van der Waals surface area (Å²) in [5.41, 5.74) is 4.61. The molecule has 0 radical (unpaired) electrons. The molecule has 0 amide bonds. The first-order valence-electron chi connectivity index (χ1n) is 33.9. The number of unbranched alkanes of at least 4 members (excludes halogenated alkanes) is 40. The molecule has 0 aliphatic heterocycles. The van der Waals surface area contributed by atoms with Crippen molar-refractivity contribution in [1.82, 2.24) is 0 Å². The van der Waals surface area contributed by atoms with Crippen molar-refractivity contribution in [2.45, 2.75) is 346 Å². The molecular formula is C72H118CaO6S2. The van der Waals surface area contributed by atoms with Gasteiger partial charge in [-0.05, 0) is 119 Å². The van der Waals surface area contributed by atoms with Crippen LogP contribution in [0.5, 0.6) is 0 Å². The molecule has 4 aromatic rings. The van der Waals surface area contributed by atoms with Gasteiger partial charge in [-0.1, -0.05) is 321 Å². The first-order valence-corrected chi connectivity index (χ1v) is 36.8. The van der Waals surface area contributed by atoms with Crippen molar-refractivity contribution in [2.75, 3.05) is 0 Å². The Balaban J connectivity index is 0.000000547. The average Bonchev–Trinajstić information content (AvgIpc) is 3.48. The predicted molar refractivity (Wildman–Crippen MR) is 350 cm³/mol. The molecule has 0 aliphatic rings. The third-order valence-electron chi connectivity index (χ3n) is 17.0. The van der Waals surface area contributed by atoms with Gasteiger partial charge in [-0.2, -0.15) is 0 Å². The number of fused-ring (bicyclic) bond motifs is 2. The summed E-state index contributed by atoms with van der Waals surface area (Å²) in [6.45, 7) is 9.06. The number of hydrogen-bond donors (Lipinski definition) is 0. The van der Waals surface area contributed by atoms with Crippen LogP contribution in [0.1, 0.15) is 332 Å². The first kappa shape index (κ1) is 75.6. The van der Waals surface area contributed by atoms with Gasteiger partial charge in [0.05, 0.1) is 9.79 Å². The zero-order chi connectivity index (χ0) is 57.8. The Morgan fingerprint density at radius 3 is 0.691 bits per heavy atom. The first-order chi connectivity index (χ1) is 38.9. The molecule has 0 saturated heterocycles. The van der Waals surface area contributed by atoms with Crippen LogP contribution >= 0.6 is 0 Å². The topological polar surface area (TPSA) is 114 Å². The molecule has 4 aromatic carbocycles. The normalized spacial score (nSPS) is 11.8. The number of benzene rings is 4. The zero-order valence-electron chi connectivity index (χ0n) is 52.7. The van der Waals surface area contributed by atoms with Gasteiger partial charge < -0.3 is 9.11 Å². The van der Waals surface area contributed by atoms with Crippen LogP contribution in [0, 0.1) is 0 Å². The monoisotopic (exact) mass is 1180 g/mol. The Morgan fingerprint density at radius 1 is 0.259 bits per heavy atom. The maximum absolute atomic E-state index is 12.0. The van der Waals surface area contributed by atoms with Crippen molar-refractivity contribution in [1.29, 1.82) is 0 Å². The van der Waals surface area contributed by atoms with Gasteiger partial charge in [-0.15, -0.1) is 0 Å². The van der Waals surface area contributed by atoms with Crippen molar-refractivity contribution in [3.8, 4) is 0 Å². The molecule has 0 spiro atoms. The van der Waals surface area contributed by atoms with Crippen LogP contribution in [-0.4, -0.2) is 63.7 Å². The van der Waals surface area contributed by atoms with Crippen LogP contribution in [0.4, 0.5) is 0 Å². The summed E-state index contributed by atoms with van der Waals surface area (Å²) in [4.78, 5) is -0.128. The maximum Gasteiger partial charge on any atom is 2.00 e. The number of rotatable bonds is 50. The molecule has 6 nitrogen and oxygen atoms in total. The van der Waals surface area contributed by atoms with E-state index in [4.69, 9.17) is 0 Å². The third kappa shape index (κ3) is 35.0. The van der Waals surface area contributed by atoms with E-state index in [2.05, 4.69) is 52.0 Å². The minimum absolute atomic E-state index is 0. The van der Waals surface area contributed by atoms with E-state index in [1.54, 1.807) is 12.1 Å². The van der Waals surface area contributed by atoms with Crippen molar-refractivity contribution in [2.24, 2.45) is 0 Å². The zero-order valence-corrected chi connectivity index (χ0v) is 56.5. The van der Waals surface area contributed by atoms with Crippen molar-refractivity contribution in [3.05, 3.63) is 82.9 Å². The van der Waals surface area contributed by atoms with E-state index in [9.17, 15) is 25.9 Å². The number of aryl methyl sites for hydroxylation is 4. The SMILES string of the molecule is CCCCCCCCCCCCCc1ccc2c(CCCCCCCCCCCCC)ccc(S(=O)(=O)[O-])c2c1.CCCCCCCCCCCCCc1ccc2c(CCCCCCCCCCCCC)ccc(S(=O)(=O)[O-])c2c1.[Ca+2]. The molecule has 0 aliphatic carbocycles. The molecule has 0 fully saturated rings. The summed E-state index contributed by atoms with van der Waals surface area (Å²) in [5, 5.41) is 3.12. The summed E-state index contributed by atoms with van der Waals surface area (Å²) in [6.07, 6.45) is 61.5. The van der Waals surface area contributed by atoms with Crippen LogP contribution in [0.2, 0.25) is 0 Å². The van der Waals surface area contributed by atoms with Gasteiger partial charge in [0.15, 0.2) is 0 Å². The van der Waals surface area contributed by atoms with E-state index < -0.39 is 20.2 Å². The summed E-state index contributed by atoms with van der Waals surface area (Å²) >= 11 is 0. The smallest absolute Gasteiger partial charge is 0.744 e. The van der Waals surface area contributed by atoms with E-state index in [0.717, 1.165) is 73.3 Å². The van der Waals surface area contributed by atoms with Crippen molar-refractivity contribution in [3.63, 3.8) is 0 Å². The van der Waals surface area contributed by atoms with Gasteiger partial charge in [-0.25, -0.2) is 16.8 Å². The molecule has 0 bridgehead atoms. The standard InChI is InChI=1S/2C36H60O3S.Ca/c2*1-3-5-7-9-11-13-15-17-19-21-23-25-32-27-29-34-33(28-30-36(35(34)31-32)40(37,38)39)26-24-22-20-18-16-14-12-10-8-6-4-2;/h2*27-31H,3-26H2,1-2H3,(H,37,38,39);/q;;+2/p-2. The Kier molecular flexibility index (Phi) is 45.3. The van der Waals surface area contributed by atoms with Crippen LogP contribution in [0.25, 0.3) is 21.5 Å². The van der Waals surface area contributed by atoms with Gasteiger partial charge in [0.1, 0.15) is 20.2 Å². The Labute approximate surface area is 529 Å². The van der Waals surface area contributed by atoms with Crippen LogP contribution in [-0.2, 0) is 45.9 Å². The van der Waals surface area contributed by atoms with E-state index in [-0.39, 0.29) is 47.5 Å². The second-order valence-electron chi connectivity index (χ2n) is 24.3. The molecule has 0 unspecified atom stereocenters. The van der Waals surface area contributed by atoms with Crippen molar-refractivity contribution < 1.29 is 25.9 Å². The molecule has 0 saturated carbocycles. The fourth-order valence-electron chi connectivity index (χ4n) is 12.0. The molecule has 0 atom stereocenters. The predicted octanol–water partition coefficient (Wildman–Crippen LogP) is 22.5. The Bertz CT molecular complexity index is 2230. The van der Waals surface area contributed by atoms with E-state index in [0.29, 0.717) is 10.8 Å². The minimum Gasteiger partial charge on any atom is -0.744 e. The molecule has 0 N–H and O–H groups in total. The molecule has 0 aromatic heterocycles. The summed E-state index contributed by atoms with van der Waals surface area (Å²) in [5.74, 6) is 0. The second kappa shape index (κ2) is 48.6. The average molecular weight is 1180 g/mol. The van der Waals surface area contributed by atoms with E-state index in [1.165, 1.54) is 268 Å². The molecule has 9 heteroatoms. The van der Waals surface area contributed by atoms with E-state index in [1.807, 2.05) is 24.3 Å². The quantitative estimate of drug-likeness (QED) is 0.0247. The molecule has 0 heterocycles. The molecular weight excluding hydrogens is 1060 g/mol. The van der Waals surface area contributed by atoms with Gasteiger partial charge in [0.2, 0.25) is 0 Å². The fraction of sp³-hybridized carbons (Fsp3) is 0.722. The van der Waals surface area contributed by atoms with Gasteiger partial charge in [-0.3, -0.25) is 0 Å². The van der Waals surface area contributed by atoms with Crippen LogP contribution < -0.4 is 0 Å². The van der Waals surface area contributed by atoms with Gasteiger partial charge >= 0.3 is 37.7 Å². The van der Waals surface area contributed by atoms with Crippen molar-refractivity contribution >= 4 is 79.5 Å². The van der Waals surface area contributed by atoms with Crippen LogP contribution in [0.3, 0.4) is 0 Å². The summed E-state index contributed by atoms with van der Waals surface area (Å²) < 4.78 is 72.2. The van der Waals surface area contributed by atoms with Crippen LogP contribution in [0.15, 0.2) is 70.5 Å². The molecule has 81 heavy (non-hydrogen) atoms. The van der Waals surface area contributed by atoms with E-state index >= 15 is 0 Å². The third-order valence-corrected chi connectivity index (χ3v) is 18.8. The minimum atomic E-state index is -4.50. The summed E-state index contributed by atoms with van der Waals surface area (Å²) in [6, 6.07) is 19.2. The second-order valence-corrected chi connectivity index (χ2v) is 27.0. The maximum atomic E-state index is 12.0. The molecule has 456 valence electrons. The largest absolute Gasteiger partial charge is 2.00 e. The Hall–Kier alpha value is -1.52. The van der Waals surface area contributed by atoms with Gasteiger partial charge in [0, 0.05) is 0 Å².